The van der Waals surface area contributed by atoms with Crippen LogP contribution >= 0.6 is 0 Å². The molecule has 0 radical (unpaired) electrons. The maximum Gasteiger partial charge on any atom is 0.131 e. The fraction of sp³-hybridized carbons (Fsp3) is 0.917. The normalized spacial score (nSPS) is 19.7. The molecular weight excluding hydrogens is 188 g/mol. The molecule has 88 valence electrons. The Hall–Kier alpha value is -0.410. The van der Waals surface area contributed by atoms with Crippen molar-refractivity contribution < 1.29 is 4.79 Å². The van der Waals surface area contributed by atoms with Crippen LogP contribution < -0.4 is 0 Å². The molecule has 1 aliphatic heterocycles. The summed E-state index contributed by atoms with van der Waals surface area (Å²) in [7, 11) is 2.15. The van der Waals surface area contributed by atoms with Crippen molar-refractivity contribution in [1.29, 1.82) is 0 Å². The number of hydrogen-bond donors (Lipinski definition) is 0. The molecule has 0 spiro atoms. The van der Waals surface area contributed by atoms with Gasteiger partial charge in [0.2, 0.25) is 0 Å². The molecule has 0 aromatic heterocycles. The van der Waals surface area contributed by atoms with Crippen molar-refractivity contribution in [3.05, 3.63) is 0 Å². The summed E-state index contributed by atoms with van der Waals surface area (Å²) in [5.41, 5.74) is 0. The Morgan fingerprint density at radius 1 is 1.40 bits per heavy atom. The van der Waals surface area contributed by atoms with Gasteiger partial charge in [0.1, 0.15) is 5.78 Å². The van der Waals surface area contributed by atoms with Crippen LogP contribution in [0.2, 0.25) is 0 Å². The van der Waals surface area contributed by atoms with E-state index >= 15 is 0 Å². The summed E-state index contributed by atoms with van der Waals surface area (Å²) in [5.74, 6) is 0.299. The summed E-state index contributed by atoms with van der Waals surface area (Å²) >= 11 is 0. The van der Waals surface area contributed by atoms with Crippen molar-refractivity contribution in [3.8, 4) is 0 Å². The first-order chi connectivity index (χ1) is 7.13. The second-order valence-corrected chi connectivity index (χ2v) is 4.60. The lowest BCUT2D eigenvalue weighted by atomic mass is 10.0. The van der Waals surface area contributed by atoms with Crippen LogP contribution in [-0.4, -0.2) is 54.9 Å². The molecule has 3 heteroatoms. The average Bonchev–Trinajstić information content (AvgIpc) is 2.26. The summed E-state index contributed by atoms with van der Waals surface area (Å²) in [5, 5.41) is 0. The summed E-state index contributed by atoms with van der Waals surface area (Å²) < 4.78 is 0. The van der Waals surface area contributed by atoms with Gasteiger partial charge < -0.3 is 9.80 Å². The first-order valence-corrected chi connectivity index (χ1v) is 6.05. The highest BCUT2D eigenvalue weighted by molar-refractivity contribution is 5.75. The maximum atomic E-state index is 10.9. The van der Waals surface area contributed by atoms with Gasteiger partial charge in [0.25, 0.3) is 0 Å². The van der Waals surface area contributed by atoms with Crippen LogP contribution in [0.4, 0.5) is 0 Å². The molecule has 1 heterocycles. The second kappa shape index (κ2) is 6.23. The highest BCUT2D eigenvalue weighted by Crippen LogP contribution is 2.15. The van der Waals surface area contributed by atoms with Gasteiger partial charge in [0.05, 0.1) is 0 Å². The number of likely N-dealkylation sites (tertiary alicyclic amines) is 1. The number of piperidine rings is 1. The standard InChI is InChI=1S/C12H24N2O/c1-4-14-9-6-12(7-10-14)13(3)8-5-11(2)15/h12H,4-10H2,1-3H3. The summed E-state index contributed by atoms with van der Waals surface area (Å²) in [4.78, 5) is 15.7. The number of ketones is 1. The number of nitrogens with zero attached hydrogens (tertiary/aromatic N) is 2. The number of hydrogen-bond acceptors (Lipinski definition) is 3. The van der Waals surface area contributed by atoms with E-state index in [2.05, 4.69) is 23.8 Å². The third-order valence-electron chi connectivity index (χ3n) is 3.44. The van der Waals surface area contributed by atoms with Gasteiger partial charge in [-0.25, -0.2) is 0 Å². The van der Waals surface area contributed by atoms with Gasteiger partial charge in [-0.05, 0) is 46.4 Å². The van der Waals surface area contributed by atoms with Gasteiger partial charge in [-0.1, -0.05) is 6.92 Å². The van der Waals surface area contributed by atoms with Crippen molar-refractivity contribution in [2.24, 2.45) is 0 Å². The molecule has 0 bridgehead atoms. The molecule has 15 heavy (non-hydrogen) atoms. The molecule has 1 rings (SSSR count). The highest BCUT2D eigenvalue weighted by Gasteiger charge is 2.21. The third-order valence-corrected chi connectivity index (χ3v) is 3.44. The Morgan fingerprint density at radius 2 is 2.00 bits per heavy atom. The molecule has 1 aliphatic rings. The minimum Gasteiger partial charge on any atom is -0.303 e. The molecule has 1 saturated heterocycles. The number of carbonyl (C=O) groups is 1. The van der Waals surface area contributed by atoms with Crippen LogP contribution in [-0.2, 0) is 4.79 Å². The topological polar surface area (TPSA) is 23.6 Å². The van der Waals surface area contributed by atoms with E-state index in [0.29, 0.717) is 18.2 Å². The molecule has 0 unspecified atom stereocenters. The van der Waals surface area contributed by atoms with Gasteiger partial charge in [-0.2, -0.15) is 0 Å². The molecule has 0 saturated carbocycles. The fourth-order valence-electron chi connectivity index (χ4n) is 2.19. The molecule has 3 nitrogen and oxygen atoms in total. The summed E-state index contributed by atoms with van der Waals surface area (Å²) in [6.45, 7) is 8.42. The van der Waals surface area contributed by atoms with Crippen LogP contribution in [0.15, 0.2) is 0 Å². The monoisotopic (exact) mass is 212 g/mol. The first-order valence-electron chi connectivity index (χ1n) is 6.05. The van der Waals surface area contributed by atoms with Crippen molar-refractivity contribution in [2.45, 2.75) is 39.2 Å². The smallest absolute Gasteiger partial charge is 0.131 e. The molecule has 0 atom stereocenters. The number of Topliss-reactive ketones (excluding diaryl/α,β-unsaturated/α-hetero) is 1. The Bertz CT molecular complexity index is 198. The quantitative estimate of drug-likeness (QED) is 0.688. The second-order valence-electron chi connectivity index (χ2n) is 4.60. The first kappa shape index (κ1) is 12.7. The minimum absolute atomic E-state index is 0.299. The van der Waals surface area contributed by atoms with Gasteiger partial charge in [0.15, 0.2) is 0 Å². The van der Waals surface area contributed by atoms with E-state index in [1.165, 1.54) is 32.5 Å². The van der Waals surface area contributed by atoms with Crippen LogP contribution in [0.25, 0.3) is 0 Å². The van der Waals surface area contributed by atoms with Gasteiger partial charge in [0, 0.05) is 19.0 Å². The summed E-state index contributed by atoms with van der Waals surface area (Å²) in [6.07, 6.45) is 3.20. The largest absolute Gasteiger partial charge is 0.303 e. The van der Waals surface area contributed by atoms with Crippen molar-refractivity contribution in [3.63, 3.8) is 0 Å². The Balaban J connectivity index is 2.23. The SMILES string of the molecule is CCN1CCC(N(C)CCC(C)=O)CC1. The lowest BCUT2D eigenvalue weighted by molar-refractivity contribution is -0.117. The van der Waals surface area contributed by atoms with E-state index in [1.54, 1.807) is 6.92 Å². The van der Waals surface area contributed by atoms with Gasteiger partial charge >= 0.3 is 0 Å². The van der Waals surface area contributed by atoms with Crippen molar-refractivity contribution in [1.82, 2.24) is 9.80 Å². The Kier molecular flexibility index (Phi) is 5.26. The molecule has 0 N–H and O–H groups in total. The lowest BCUT2D eigenvalue weighted by Crippen LogP contribution is -2.43. The number of rotatable bonds is 5. The molecule has 1 fully saturated rings. The molecular formula is C12H24N2O. The minimum atomic E-state index is 0.299. The Labute approximate surface area is 93.4 Å². The predicted molar refractivity (Wildman–Crippen MR) is 63.1 cm³/mol. The van der Waals surface area contributed by atoms with E-state index in [0.717, 1.165) is 6.54 Å². The number of carbonyl (C=O) groups excluding carboxylic acids is 1. The highest BCUT2D eigenvalue weighted by atomic mass is 16.1. The molecule has 0 aromatic carbocycles. The lowest BCUT2D eigenvalue weighted by Gasteiger charge is -2.36. The fourth-order valence-corrected chi connectivity index (χ4v) is 2.19. The predicted octanol–water partition coefficient (Wildman–Crippen LogP) is 1.38. The molecule has 0 aliphatic carbocycles. The Morgan fingerprint density at radius 3 is 2.47 bits per heavy atom. The van der Waals surface area contributed by atoms with E-state index in [1.807, 2.05) is 0 Å². The van der Waals surface area contributed by atoms with Crippen LogP contribution in [0.5, 0.6) is 0 Å². The average molecular weight is 212 g/mol. The van der Waals surface area contributed by atoms with E-state index in [-0.39, 0.29) is 0 Å². The summed E-state index contributed by atoms with van der Waals surface area (Å²) in [6, 6.07) is 0.687. The van der Waals surface area contributed by atoms with Gasteiger partial charge in [-0.15, -0.1) is 0 Å². The van der Waals surface area contributed by atoms with Crippen molar-refractivity contribution in [2.75, 3.05) is 33.2 Å². The zero-order chi connectivity index (χ0) is 11.3. The molecule has 0 amide bonds. The van der Waals surface area contributed by atoms with Crippen LogP contribution in [0, 0.1) is 0 Å². The zero-order valence-electron chi connectivity index (χ0n) is 10.3. The van der Waals surface area contributed by atoms with Crippen molar-refractivity contribution >= 4 is 5.78 Å². The van der Waals surface area contributed by atoms with Gasteiger partial charge in [-0.3, -0.25) is 4.79 Å². The maximum absolute atomic E-state index is 10.9. The van der Waals surface area contributed by atoms with Crippen LogP contribution in [0.3, 0.4) is 0 Å². The molecule has 0 aromatic rings. The van der Waals surface area contributed by atoms with E-state index in [9.17, 15) is 4.79 Å². The van der Waals surface area contributed by atoms with E-state index in [4.69, 9.17) is 0 Å². The zero-order valence-corrected chi connectivity index (χ0v) is 10.3. The van der Waals surface area contributed by atoms with Crippen LogP contribution in [0.1, 0.15) is 33.1 Å². The third kappa shape index (κ3) is 4.31. The van der Waals surface area contributed by atoms with E-state index < -0.39 is 0 Å².